The number of aliphatic hydroxyl groups excluding tert-OH is 1. The van der Waals surface area contributed by atoms with Gasteiger partial charge < -0.3 is 9.84 Å². The third kappa shape index (κ3) is 3.21. The Morgan fingerprint density at radius 3 is 2.72 bits per heavy atom. The zero-order valence-corrected chi connectivity index (χ0v) is 18.6. The molecule has 3 saturated carbocycles. The molecule has 0 saturated heterocycles. The number of ketones is 1. The monoisotopic (exact) mass is 402 g/mol. The average molecular weight is 403 g/mol. The summed E-state index contributed by atoms with van der Waals surface area (Å²) in [6.07, 6.45) is 10.4. The van der Waals surface area contributed by atoms with Crippen LogP contribution < -0.4 is 0 Å². The quantitative estimate of drug-likeness (QED) is 0.693. The summed E-state index contributed by atoms with van der Waals surface area (Å²) in [6.45, 7) is 6.80. The number of rotatable bonds is 4. The number of ether oxygens (including phenoxy) is 1. The Kier molecular flexibility index (Phi) is 5.46. The highest BCUT2D eigenvalue weighted by Crippen LogP contribution is 2.65. The van der Waals surface area contributed by atoms with Gasteiger partial charge in [0, 0.05) is 11.8 Å². The SMILES string of the molecule is COC(=O)CC[C@H](C)[C@@H]1CC[C@@H]2[C@@H]3CC[C@@H]4C[C@H](O)CC[C@@]4(C)C3=CC(=O)[C@]21C. The topological polar surface area (TPSA) is 63.6 Å². The summed E-state index contributed by atoms with van der Waals surface area (Å²) >= 11 is 0. The van der Waals surface area contributed by atoms with Crippen molar-refractivity contribution >= 4 is 11.8 Å². The summed E-state index contributed by atoms with van der Waals surface area (Å²) in [5, 5.41) is 10.2. The van der Waals surface area contributed by atoms with E-state index in [0.717, 1.165) is 44.9 Å². The van der Waals surface area contributed by atoms with Crippen molar-refractivity contribution in [2.75, 3.05) is 7.11 Å². The van der Waals surface area contributed by atoms with Crippen LogP contribution in [0.15, 0.2) is 11.6 Å². The van der Waals surface area contributed by atoms with Gasteiger partial charge in [-0.1, -0.05) is 26.3 Å². The van der Waals surface area contributed by atoms with E-state index in [1.54, 1.807) is 0 Å². The number of hydrogen-bond acceptors (Lipinski definition) is 4. The fourth-order valence-corrected chi connectivity index (χ4v) is 7.88. The van der Waals surface area contributed by atoms with Crippen molar-refractivity contribution in [3.05, 3.63) is 11.6 Å². The molecule has 162 valence electrons. The van der Waals surface area contributed by atoms with Gasteiger partial charge in [0.25, 0.3) is 0 Å². The normalized spacial score (nSPS) is 44.9. The van der Waals surface area contributed by atoms with Crippen molar-refractivity contribution < 1.29 is 19.4 Å². The van der Waals surface area contributed by atoms with Crippen molar-refractivity contribution in [3.63, 3.8) is 0 Å². The number of carbonyl (C=O) groups is 2. The molecule has 0 heterocycles. The van der Waals surface area contributed by atoms with Crippen LogP contribution >= 0.6 is 0 Å². The third-order valence-electron chi connectivity index (χ3n) is 9.69. The molecular weight excluding hydrogens is 364 g/mol. The summed E-state index contributed by atoms with van der Waals surface area (Å²) in [5.74, 6) is 2.34. The fourth-order valence-electron chi connectivity index (χ4n) is 7.88. The maximum atomic E-state index is 13.6. The fraction of sp³-hybridized carbons (Fsp3) is 0.840. The number of methoxy groups -OCH3 is 1. The van der Waals surface area contributed by atoms with Gasteiger partial charge in [0.1, 0.15) is 0 Å². The molecule has 0 aromatic heterocycles. The van der Waals surface area contributed by atoms with E-state index in [1.165, 1.54) is 19.1 Å². The maximum absolute atomic E-state index is 13.6. The Morgan fingerprint density at radius 2 is 2.00 bits per heavy atom. The zero-order valence-electron chi connectivity index (χ0n) is 18.6. The van der Waals surface area contributed by atoms with E-state index in [9.17, 15) is 14.7 Å². The lowest BCUT2D eigenvalue weighted by atomic mass is 9.48. The smallest absolute Gasteiger partial charge is 0.305 e. The standard InChI is InChI=1S/C25H38O4/c1-15(5-10-23(28)29-4)19-8-9-20-18-7-6-16-13-17(26)11-12-24(16,2)21(18)14-22(27)25(19,20)3/h14-20,26H,5-13H2,1-4H3/t15-,16+,17+,18-,19-,20+,24+,25-/m0/s1. The molecular formula is C25H38O4. The zero-order chi connectivity index (χ0) is 21.0. The predicted octanol–water partition coefficient (Wildman–Crippen LogP) is 4.69. The molecule has 1 N–H and O–H groups in total. The molecule has 0 spiro atoms. The van der Waals surface area contributed by atoms with E-state index in [0.29, 0.717) is 41.8 Å². The molecule has 0 bridgehead atoms. The van der Waals surface area contributed by atoms with Crippen molar-refractivity contribution in [1.82, 2.24) is 0 Å². The molecule has 8 atom stereocenters. The van der Waals surface area contributed by atoms with Crippen LogP contribution in [0, 0.1) is 40.4 Å². The Bertz CT molecular complexity index is 712. The Balaban J connectivity index is 1.60. The third-order valence-corrected chi connectivity index (χ3v) is 9.69. The highest BCUT2D eigenvalue weighted by atomic mass is 16.5. The van der Waals surface area contributed by atoms with E-state index < -0.39 is 0 Å². The first-order valence-electron chi connectivity index (χ1n) is 11.7. The van der Waals surface area contributed by atoms with Gasteiger partial charge >= 0.3 is 5.97 Å². The second-order valence-electron chi connectivity index (χ2n) is 10.9. The number of carbonyl (C=O) groups excluding carboxylic acids is 2. The molecule has 0 aliphatic heterocycles. The lowest BCUT2D eigenvalue weighted by Crippen LogP contribution is -2.52. The molecule has 0 aromatic carbocycles. The summed E-state index contributed by atoms with van der Waals surface area (Å²) in [7, 11) is 1.44. The van der Waals surface area contributed by atoms with Gasteiger partial charge in [0.2, 0.25) is 0 Å². The highest BCUT2D eigenvalue weighted by Gasteiger charge is 2.60. The number of fused-ring (bicyclic) bond motifs is 5. The first kappa shape index (κ1) is 21.1. The van der Waals surface area contributed by atoms with Crippen LogP contribution in [0.25, 0.3) is 0 Å². The van der Waals surface area contributed by atoms with Crippen LogP contribution in [0.2, 0.25) is 0 Å². The molecule has 0 amide bonds. The van der Waals surface area contributed by atoms with Gasteiger partial charge in [-0.05, 0) is 92.4 Å². The number of allylic oxidation sites excluding steroid dienone is 2. The maximum Gasteiger partial charge on any atom is 0.305 e. The second-order valence-corrected chi connectivity index (χ2v) is 10.9. The first-order valence-corrected chi connectivity index (χ1v) is 11.7. The molecule has 4 nitrogen and oxygen atoms in total. The van der Waals surface area contributed by atoms with Crippen LogP contribution in [0.1, 0.15) is 78.6 Å². The first-order chi connectivity index (χ1) is 13.7. The Hall–Kier alpha value is -1.16. The number of aliphatic hydroxyl groups is 1. The molecule has 0 radical (unpaired) electrons. The molecule has 0 aromatic rings. The summed E-state index contributed by atoms with van der Waals surface area (Å²) in [6, 6.07) is 0. The van der Waals surface area contributed by atoms with Crippen LogP contribution in [-0.4, -0.2) is 30.1 Å². The van der Waals surface area contributed by atoms with E-state index in [4.69, 9.17) is 4.74 Å². The van der Waals surface area contributed by atoms with E-state index in [1.807, 2.05) is 0 Å². The minimum atomic E-state index is -0.291. The van der Waals surface area contributed by atoms with Gasteiger partial charge in [0.15, 0.2) is 5.78 Å². The van der Waals surface area contributed by atoms with Crippen molar-refractivity contribution in [3.8, 4) is 0 Å². The lowest BCUT2D eigenvalue weighted by Gasteiger charge is -2.56. The van der Waals surface area contributed by atoms with Crippen LogP contribution in [0.4, 0.5) is 0 Å². The molecule has 4 rings (SSSR count). The number of hydrogen-bond donors (Lipinski definition) is 1. The predicted molar refractivity (Wildman–Crippen MR) is 112 cm³/mol. The lowest BCUT2D eigenvalue weighted by molar-refractivity contribution is -0.141. The second kappa shape index (κ2) is 7.51. The summed E-state index contributed by atoms with van der Waals surface area (Å²) in [4.78, 5) is 25.2. The van der Waals surface area contributed by atoms with Gasteiger partial charge in [0.05, 0.1) is 13.2 Å². The molecule has 0 unspecified atom stereocenters. The molecule has 4 aliphatic carbocycles. The van der Waals surface area contributed by atoms with Gasteiger partial charge in [-0.2, -0.15) is 0 Å². The average Bonchev–Trinajstić information content (AvgIpc) is 3.06. The van der Waals surface area contributed by atoms with Gasteiger partial charge in [-0.25, -0.2) is 0 Å². The highest BCUT2D eigenvalue weighted by molar-refractivity contribution is 5.97. The molecule has 29 heavy (non-hydrogen) atoms. The van der Waals surface area contributed by atoms with E-state index in [2.05, 4.69) is 26.8 Å². The Labute approximate surface area is 175 Å². The molecule has 4 heteroatoms. The molecule has 4 aliphatic rings. The largest absolute Gasteiger partial charge is 0.469 e. The van der Waals surface area contributed by atoms with Gasteiger partial charge in [-0.15, -0.1) is 0 Å². The Morgan fingerprint density at radius 1 is 1.24 bits per heavy atom. The van der Waals surface area contributed by atoms with Crippen molar-refractivity contribution in [2.24, 2.45) is 40.4 Å². The number of esters is 1. The summed E-state index contributed by atoms with van der Waals surface area (Å²) < 4.78 is 4.82. The minimum Gasteiger partial charge on any atom is -0.469 e. The van der Waals surface area contributed by atoms with Crippen molar-refractivity contribution in [1.29, 1.82) is 0 Å². The molecule has 3 fully saturated rings. The minimum absolute atomic E-state index is 0.0910. The van der Waals surface area contributed by atoms with Crippen LogP contribution in [-0.2, 0) is 14.3 Å². The van der Waals surface area contributed by atoms with Crippen LogP contribution in [0.5, 0.6) is 0 Å². The van der Waals surface area contributed by atoms with E-state index in [-0.39, 0.29) is 22.9 Å². The van der Waals surface area contributed by atoms with Gasteiger partial charge in [-0.3, -0.25) is 9.59 Å². The van der Waals surface area contributed by atoms with Crippen molar-refractivity contribution in [2.45, 2.75) is 84.7 Å². The van der Waals surface area contributed by atoms with Crippen LogP contribution in [0.3, 0.4) is 0 Å². The van der Waals surface area contributed by atoms with E-state index >= 15 is 0 Å². The summed E-state index contributed by atoms with van der Waals surface area (Å²) in [5.41, 5.74) is 1.21.